The SMILES string of the molecule is CC[C@@H](c1nnnn1Cc1ccco1)N(Cc1ccco1)Cc1cc2ccc(C)cc2[nH]c1=O. The summed E-state index contributed by atoms with van der Waals surface area (Å²) in [5.41, 5.74) is 2.50. The normalized spacial score (nSPS) is 12.6. The Bertz CT molecular complexity index is 1420. The van der Waals surface area contributed by atoms with Crippen LogP contribution in [-0.2, 0) is 19.6 Å². The van der Waals surface area contributed by atoms with E-state index in [9.17, 15) is 4.79 Å². The Morgan fingerprint density at radius 3 is 2.59 bits per heavy atom. The number of benzene rings is 1. The van der Waals surface area contributed by atoms with E-state index in [-0.39, 0.29) is 11.6 Å². The number of hydrogen-bond acceptors (Lipinski definition) is 7. The van der Waals surface area contributed by atoms with Crippen molar-refractivity contribution in [3.8, 4) is 0 Å². The van der Waals surface area contributed by atoms with Crippen molar-refractivity contribution < 1.29 is 8.83 Å². The molecule has 0 spiro atoms. The van der Waals surface area contributed by atoms with Crippen LogP contribution in [0.2, 0.25) is 0 Å². The van der Waals surface area contributed by atoms with Crippen molar-refractivity contribution in [3.05, 3.63) is 99.9 Å². The lowest BCUT2D eigenvalue weighted by atomic mass is 10.1. The molecule has 0 saturated carbocycles. The smallest absolute Gasteiger partial charge is 0.252 e. The fourth-order valence-corrected chi connectivity index (χ4v) is 4.29. The minimum atomic E-state index is -0.150. The molecule has 0 radical (unpaired) electrons. The average Bonchev–Trinajstić information content (AvgIpc) is 3.60. The number of furan rings is 2. The van der Waals surface area contributed by atoms with Crippen LogP contribution in [0.15, 0.2) is 74.7 Å². The first-order chi connectivity index (χ1) is 16.6. The molecule has 5 rings (SSSR count). The van der Waals surface area contributed by atoms with E-state index in [1.54, 1.807) is 17.2 Å². The number of aromatic nitrogens is 5. The molecule has 0 saturated heterocycles. The fraction of sp³-hybridized carbons (Fsp3) is 0.280. The third-order valence-electron chi connectivity index (χ3n) is 5.96. The van der Waals surface area contributed by atoms with Crippen LogP contribution < -0.4 is 5.56 Å². The van der Waals surface area contributed by atoms with Crippen LogP contribution in [0, 0.1) is 6.92 Å². The van der Waals surface area contributed by atoms with Crippen LogP contribution >= 0.6 is 0 Å². The molecular formula is C25H26N6O3. The first-order valence-electron chi connectivity index (χ1n) is 11.3. The Labute approximate surface area is 196 Å². The van der Waals surface area contributed by atoms with Crippen LogP contribution in [0.5, 0.6) is 0 Å². The van der Waals surface area contributed by atoms with E-state index in [0.717, 1.165) is 34.4 Å². The van der Waals surface area contributed by atoms with Gasteiger partial charge in [0, 0.05) is 17.6 Å². The molecule has 1 atom stereocenters. The van der Waals surface area contributed by atoms with Gasteiger partial charge < -0.3 is 13.8 Å². The van der Waals surface area contributed by atoms with Gasteiger partial charge in [-0.25, -0.2) is 4.68 Å². The van der Waals surface area contributed by atoms with E-state index in [0.29, 0.717) is 31.0 Å². The van der Waals surface area contributed by atoms with E-state index < -0.39 is 0 Å². The van der Waals surface area contributed by atoms with Crippen molar-refractivity contribution in [3.63, 3.8) is 0 Å². The molecule has 0 fully saturated rings. The molecular weight excluding hydrogens is 432 g/mol. The quantitative estimate of drug-likeness (QED) is 0.353. The number of H-pyrrole nitrogens is 1. The van der Waals surface area contributed by atoms with Crippen LogP contribution in [-0.4, -0.2) is 30.1 Å². The van der Waals surface area contributed by atoms with Gasteiger partial charge in [0.1, 0.15) is 18.1 Å². The van der Waals surface area contributed by atoms with Crippen LogP contribution in [0.4, 0.5) is 0 Å². The highest BCUT2D eigenvalue weighted by atomic mass is 16.3. The summed E-state index contributed by atoms with van der Waals surface area (Å²) in [6.45, 7) is 5.43. The zero-order valence-electron chi connectivity index (χ0n) is 19.1. The molecule has 5 aromatic rings. The number of rotatable bonds is 9. The van der Waals surface area contributed by atoms with Gasteiger partial charge in [-0.2, -0.15) is 0 Å². The maximum Gasteiger partial charge on any atom is 0.252 e. The van der Waals surface area contributed by atoms with Gasteiger partial charge in [0.2, 0.25) is 0 Å². The first-order valence-corrected chi connectivity index (χ1v) is 11.3. The summed E-state index contributed by atoms with van der Waals surface area (Å²) in [5.74, 6) is 2.27. The summed E-state index contributed by atoms with van der Waals surface area (Å²) < 4.78 is 12.9. The molecule has 1 aromatic carbocycles. The topological polar surface area (TPSA) is 106 Å². The monoisotopic (exact) mass is 458 g/mol. The van der Waals surface area contributed by atoms with Crippen LogP contribution in [0.3, 0.4) is 0 Å². The summed E-state index contributed by atoms with van der Waals surface area (Å²) in [4.78, 5) is 18.2. The second kappa shape index (κ2) is 9.48. The lowest BCUT2D eigenvalue weighted by molar-refractivity contribution is 0.149. The molecule has 4 heterocycles. The number of nitrogens with one attached hydrogen (secondary N) is 1. The van der Waals surface area contributed by atoms with Crippen molar-refractivity contribution in [2.45, 2.75) is 45.9 Å². The van der Waals surface area contributed by atoms with Gasteiger partial charge in [0.25, 0.3) is 5.56 Å². The maximum absolute atomic E-state index is 13.0. The highest BCUT2D eigenvalue weighted by Crippen LogP contribution is 2.27. The number of pyridine rings is 1. The molecule has 1 N–H and O–H groups in total. The molecule has 0 aliphatic heterocycles. The Hall–Kier alpha value is -3.98. The zero-order valence-corrected chi connectivity index (χ0v) is 19.1. The molecule has 174 valence electrons. The van der Waals surface area contributed by atoms with Crippen molar-refractivity contribution in [2.75, 3.05) is 0 Å². The van der Waals surface area contributed by atoms with Gasteiger partial charge in [-0.05, 0) is 71.1 Å². The highest BCUT2D eigenvalue weighted by molar-refractivity contribution is 5.79. The van der Waals surface area contributed by atoms with E-state index in [2.05, 4.69) is 32.3 Å². The van der Waals surface area contributed by atoms with Gasteiger partial charge in [-0.15, -0.1) is 5.10 Å². The maximum atomic E-state index is 13.0. The minimum Gasteiger partial charge on any atom is -0.468 e. The Kier molecular flexibility index (Phi) is 6.09. The van der Waals surface area contributed by atoms with Gasteiger partial charge in [0.05, 0.1) is 25.1 Å². The largest absolute Gasteiger partial charge is 0.468 e. The second-order valence-corrected chi connectivity index (χ2v) is 8.40. The molecule has 0 aliphatic rings. The molecule has 0 bridgehead atoms. The Balaban J connectivity index is 1.50. The summed E-state index contributed by atoms with van der Waals surface area (Å²) in [5, 5.41) is 13.5. The third kappa shape index (κ3) is 4.55. The molecule has 9 nitrogen and oxygen atoms in total. The molecule has 4 aromatic heterocycles. The van der Waals surface area contributed by atoms with Gasteiger partial charge in [-0.1, -0.05) is 19.1 Å². The molecule has 0 amide bonds. The average molecular weight is 459 g/mol. The second-order valence-electron chi connectivity index (χ2n) is 8.40. The Morgan fingerprint density at radius 1 is 1.06 bits per heavy atom. The number of hydrogen-bond donors (Lipinski definition) is 1. The standard InChI is InChI=1S/C25H26N6O3/c1-3-23(24-27-28-29-31(24)16-21-7-5-11-34-21)30(15-20-6-4-10-33-20)14-19-13-18-9-8-17(2)12-22(18)26-25(19)32/h4-13,23H,3,14-16H2,1-2H3,(H,26,32)/t23-/m0/s1. The number of tetrazole rings is 1. The molecule has 9 heteroatoms. The van der Waals surface area contributed by atoms with Gasteiger partial charge >= 0.3 is 0 Å². The lowest BCUT2D eigenvalue weighted by Gasteiger charge is -2.29. The minimum absolute atomic E-state index is 0.104. The van der Waals surface area contributed by atoms with Crippen molar-refractivity contribution in [2.24, 2.45) is 0 Å². The predicted molar refractivity (Wildman–Crippen MR) is 126 cm³/mol. The molecule has 0 unspecified atom stereocenters. The number of fused-ring (bicyclic) bond motifs is 1. The highest BCUT2D eigenvalue weighted by Gasteiger charge is 2.27. The van der Waals surface area contributed by atoms with E-state index >= 15 is 0 Å². The van der Waals surface area contributed by atoms with E-state index in [1.165, 1.54) is 0 Å². The summed E-state index contributed by atoms with van der Waals surface area (Å²) in [7, 11) is 0. The third-order valence-corrected chi connectivity index (χ3v) is 5.96. The van der Waals surface area contributed by atoms with Crippen molar-refractivity contribution in [1.29, 1.82) is 0 Å². The van der Waals surface area contributed by atoms with E-state index in [1.807, 2.05) is 55.5 Å². The van der Waals surface area contributed by atoms with Crippen molar-refractivity contribution in [1.82, 2.24) is 30.1 Å². The molecule has 0 aliphatic carbocycles. The van der Waals surface area contributed by atoms with E-state index in [4.69, 9.17) is 8.83 Å². The van der Waals surface area contributed by atoms with Crippen molar-refractivity contribution >= 4 is 10.9 Å². The summed E-state index contributed by atoms with van der Waals surface area (Å²) in [6, 6.07) is 15.4. The predicted octanol–water partition coefficient (Wildman–Crippen LogP) is 4.21. The summed E-state index contributed by atoms with van der Waals surface area (Å²) in [6.07, 6.45) is 4.03. The Morgan fingerprint density at radius 2 is 1.85 bits per heavy atom. The van der Waals surface area contributed by atoms with Crippen LogP contribution in [0.25, 0.3) is 10.9 Å². The lowest BCUT2D eigenvalue weighted by Crippen LogP contribution is -2.32. The number of aromatic amines is 1. The molecule has 34 heavy (non-hydrogen) atoms. The number of aryl methyl sites for hydroxylation is 1. The number of nitrogens with zero attached hydrogens (tertiary/aromatic N) is 5. The fourth-order valence-electron chi connectivity index (χ4n) is 4.29. The van der Waals surface area contributed by atoms with Crippen LogP contribution in [0.1, 0.15) is 47.9 Å². The zero-order chi connectivity index (χ0) is 23.5. The van der Waals surface area contributed by atoms with Gasteiger partial charge in [0.15, 0.2) is 5.82 Å². The summed E-state index contributed by atoms with van der Waals surface area (Å²) >= 11 is 0. The van der Waals surface area contributed by atoms with Gasteiger partial charge in [-0.3, -0.25) is 9.69 Å². The first kappa shape index (κ1) is 21.8.